The summed E-state index contributed by atoms with van der Waals surface area (Å²) in [7, 11) is 0. The maximum absolute atomic E-state index is 14.1. The van der Waals surface area contributed by atoms with Gasteiger partial charge in [-0.1, -0.05) is 24.3 Å². The van der Waals surface area contributed by atoms with Crippen LogP contribution in [-0.4, -0.2) is 17.4 Å². The minimum absolute atomic E-state index is 0.118. The van der Waals surface area contributed by atoms with Crippen LogP contribution in [-0.2, 0) is 6.54 Å². The summed E-state index contributed by atoms with van der Waals surface area (Å²) >= 11 is 0. The van der Waals surface area contributed by atoms with Crippen LogP contribution in [0.2, 0.25) is 0 Å². The Morgan fingerprint density at radius 2 is 1.86 bits per heavy atom. The van der Waals surface area contributed by atoms with Crippen LogP contribution < -0.4 is 5.73 Å². The van der Waals surface area contributed by atoms with Gasteiger partial charge >= 0.3 is 0 Å². The molecule has 0 heterocycles. The first-order chi connectivity index (χ1) is 10.0. The maximum Gasteiger partial charge on any atom is 0.257 e. The minimum atomic E-state index is -0.446. The first-order valence-electron chi connectivity index (χ1n) is 6.91. The molecule has 0 saturated carbocycles. The number of rotatable bonds is 4. The second kappa shape index (κ2) is 6.39. The van der Waals surface area contributed by atoms with Crippen molar-refractivity contribution in [2.75, 3.05) is 12.3 Å². The zero-order valence-electron chi connectivity index (χ0n) is 12.3. The lowest BCUT2D eigenvalue weighted by Crippen LogP contribution is -2.31. The highest BCUT2D eigenvalue weighted by molar-refractivity contribution is 5.94. The van der Waals surface area contributed by atoms with Crippen LogP contribution in [0.4, 0.5) is 10.1 Å². The third-order valence-electron chi connectivity index (χ3n) is 3.44. The average molecular weight is 286 g/mol. The van der Waals surface area contributed by atoms with Crippen LogP contribution in [0.5, 0.6) is 0 Å². The smallest absolute Gasteiger partial charge is 0.257 e. The van der Waals surface area contributed by atoms with Crippen molar-refractivity contribution in [3.63, 3.8) is 0 Å². The maximum atomic E-state index is 14.1. The summed E-state index contributed by atoms with van der Waals surface area (Å²) in [6, 6.07) is 12.2. The fourth-order valence-electron chi connectivity index (χ4n) is 2.15. The number of hydrogen-bond donors (Lipinski definition) is 1. The first kappa shape index (κ1) is 15.0. The number of aryl methyl sites for hydroxylation is 1. The van der Waals surface area contributed by atoms with Gasteiger partial charge in [-0.25, -0.2) is 4.39 Å². The molecule has 2 aromatic rings. The third-order valence-corrected chi connectivity index (χ3v) is 3.44. The van der Waals surface area contributed by atoms with Gasteiger partial charge in [0.05, 0.1) is 5.56 Å². The number of benzene rings is 2. The molecule has 1 amide bonds. The highest BCUT2D eigenvalue weighted by atomic mass is 19.1. The van der Waals surface area contributed by atoms with Crippen molar-refractivity contribution in [3.05, 3.63) is 65.0 Å². The van der Waals surface area contributed by atoms with E-state index in [1.807, 2.05) is 19.1 Å². The van der Waals surface area contributed by atoms with Gasteiger partial charge in [-0.3, -0.25) is 4.79 Å². The molecule has 4 heteroatoms. The van der Waals surface area contributed by atoms with E-state index in [9.17, 15) is 9.18 Å². The molecule has 2 N–H and O–H groups in total. The summed E-state index contributed by atoms with van der Waals surface area (Å²) in [4.78, 5) is 14.1. The predicted octanol–water partition coefficient (Wildman–Crippen LogP) is 3.38. The van der Waals surface area contributed by atoms with Gasteiger partial charge in [0.25, 0.3) is 5.91 Å². The topological polar surface area (TPSA) is 46.3 Å². The van der Waals surface area contributed by atoms with Gasteiger partial charge in [0.1, 0.15) is 5.82 Å². The molecule has 0 unspecified atom stereocenters. The van der Waals surface area contributed by atoms with E-state index in [-0.39, 0.29) is 11.5 Å². The van der Waals surface area contributed by atoms with E-state index in [1.165, 1.54) is 6.07 Å². The molecule has 110 valence electrons. The summed E-state index contributed by atoms with van der Waals surface area (Å²) in [6.07, 6.45) is 0. The lowest BCUT2D eigenvalue weighted by Gasteiger charge is -2.21. The molecule has 0 aliphatic carbocycles. The fraction of sp³-hybridized carbons (Fsp3) is 0.235. The average Bonchev–Trinajstić information content (AvgIpc) is 2.49. The Bertz CT molecular complexity index is 638. The zero-order chi connectivity index (χ0) is 15.4. The van der Waals surface area contributed by atoms with Gasteiger partial charge in [-0.2, -0.15) is 0 Å². The van der Waals surface area contributed by atoms with E-state index in [2.05, 4.69) is 0 Å². The summed E-state index contributed by atoms with van der Waals surface area (Å²) in [5, 5.41) is 0. The SMILES string of the molecule is CCN(Cc1ccc(N)cc1)C(=O)c1cccc(C)c1F. The normalized spacial score (nSPS) is 10.4. The molecule has 0 radical (unpaired) electrons. The molecule has 0 aromatic heterocycles. The highest BCUT2D eigenvalue weighted by Gasteiger charge is 2.19. The van der Waals surface area contributed by atoms with Crippen molar-refractivity contribution in [3.8, 4) is 0 Å². The Kier molecular flexibility index (Phi) is 4.58. The Morgan fingerprint density at radius 1 is 1.19 bits per heavy atom. The molecule has 0 fully saturated rings. The number of anilines is 1. The number of nitrogen functional groups attached to an aromatic ring is 1. The highest BCUT2D eigenvalue weighted by Crippen LogP contribution is 2.16. The largest absolute Gasteiger partial charge is 0.399 e. The van der Waals surface area contributed by atoms with Crippen molar-refractivity contribution in [2.45, 2.75) is 20.4 Å². The van der Waals surface area contributed by atoms with Crippen LogP contribution in [0, 0.1) is 12.7 Å². The van der Waals surface area contributed by atoms with E-state index in [0.29, 0.717) is 24.3 Å². The number of halogens is 1. The van der Waals surface area contributed by atoms with Crippen molar-refractivity contribution < 1.29 is 9.18 Å². The standard InChI is InChI=1S/C17H19FN2O/c1-3-20(11-13-7-9-14(19)10-8-13)17(21)15-6-4-5-12(2)16(15)18/h4-10H,3,11,19H2,1-2H3. The van der Waals surface area contributed by atoms with Crippen LogP contribution in [0.1, 0.15) is 28.4 Å². The number of amides is 1. The van der Waals surface area contributed by atoms with Gasteiger partial charge in [0.2, 0.25) is 0 Å². The molecular formula is C17H19FN2O. The lowest BCUT2D eigenvalue weighted by molar-refractivity contribution is 0.0747. The molecule has 0 spiro atoms. The quantitative estimate of drug-likeness (QED) is 0.876. The van der Waals surface area contributed by atoms with Crippen molar-refractivity contribution in [1.29, 1.82) is 0 Å². The molecule has 0 bridgehead atoms. The number of hydrogen-bond acceptors (Lipinski definition) is 2. The number of nitrogens with two attached hydrogens (primary N) is 1. The van der Waals surface area contributed by atoms with Gasteiger partial charge in [0, 0.05) is 18.8 Å². The Morgan fingerprint density at radius 3 is 2.48 bits per heavy atom. The minimum Gasteiger partial charge on any atom is -0.399 e. The third kappa shape index (κ3) is 3.40. The van der Waals surface area contributed by atoms with Gasteiger partial charge in [-0.05, 0) is 43.2 Å². The molecule has 0 saturated heterocycles. The van der Waals surface area contributed by atoms with Crippen molar-refractivity contribution >= 4 is 11.6 Å². The second-order valence-electron chi connectivity index (χ2n) is 5.00. The first-order valence-corrected chi connectivity index (χ1v) is 6.91. The van der Waals surface area contributed by atoms with Crippen molar-refractivity contribution in [2.24, 2.45) is 0 Å². The van der Waals surface area contributed by atoms with E-state index < -0.39 is 5.82 Å². The molecular weight excluding hydrogens is 267 g/mol. The van der Waals surface area contributed by atoms with E-state index in [0.717, 1.165) is 5.56 Å². The Labute approximate surface area is 124 Å². The molecule has 2 aromatic carbocycles. The van der Waals surface area contributed by atoms with Gasteiger partial charge in [0.15, 0.2) is 0 Å². The summed E-state index contributed by atoms with van der Waals surface area (Å²) < 4.78 is 14.1. The lowest BCUT2D eigenvalue weighted by atomic mass is 10.1. The molecule has 2 rings (SSSR count). The second-order valence-corrected chi connectivity index (χ2v) is 5.00. The zero-order valence-corrected chi connectivity index (χ0v) is 12.3. The fourth-order valence-corrected chi connectivity index (χ4v) is 2.15. The molecule has 21 heavy (non-hydrogen) atoms. The number of carbonyl (C=O) groups is 1. The molecule has 3 nitrogen and oxygen atoms in total. The predicted molar refractivity (Wildman–Crippen MR) is 82.4 cm³/mol. The summed E-state index contributed by atoms with van der Waals surface area (Å²) in [5.41, 5.74) is 7.89. The Hall–Kier alpha value is -2.36. The van der Waals surface area contributed by atoms with Crippen LogP contribution in [0.15, 0.2) is 42.5 Å². The molecule has 0 aliphatic rings. The Balaban J connectivity index is 2.22. The van der Waals surface area contributed by atoms with Crippen molar-refractivity contribution in [1.82, 2.24) is 4.90 Å². The van der Waals surface area contributed by atoms with E-state index in [1.54, 1.807) is 36.1 Å². The van der Waals surface area contributed by atoms with Crippen LogP contribution in [0.3, 0.4) is 0 Å². The van der Waals surface area contributed by atoms with E-state index in [4.69, 9.17) is 5.73 Å². The van der Waals surface area contributed by atoms with E-state index >= 15 is 0 Å². The van der Waals surface area contributed by atoms with Crippen LogP contribution in [0.25, 0.3) is 0 Å². The summed E-state index contributed by atoms with van der Waals surface area (Å²) in [5.74, 6) is -0.742. The van der Waals surface area contributed by atoms with Crippen LogP contribution >= 0.6 is 0 Å². The molecule has 0 aliphatic heterocycles. The number of carbonyl (C=O) groups excluding carboxylic acids is 1. The molecule has 0 atom stereocenters. The van der Waals surface area contributed by atoms with Gasteiger partial charge < -0.3 is 10.6 Å². The number of nitrogens with zero attached hydrogens (tertiary/aromatic N) is 1. The summed E-state index contributed by atoms with van der Waals surface area (Å²) in [6.45, 7) is 4.48. The monoisotopic (exact) mass is 286 g/mol. The van der Waals surface area contributed by atoms with Gasteiger partial charge in [-0.15, -0.1) is 0 Å².